The number of nitriles is 1. The Morgan fingerprint density at radius 1 is 1.05 bits per heavy atom. The fraction of sp³-hybridized carbons (Fsp3) is 0.0625. The lowest BCUT2D eigenvalue weighted by molar-refractivity contribution is 1.11. The molecule has 0 unspecified atom stereocenters. The maximum absolute atomic E-state index is 8.90. The van der Waals surface area contributed by atoms with E-state index in [1.165, 1.54) is 0 Å². The van der Waals surface area contributed by atoms with E-state index in [1.54, 1.807) is 6.07 Å². The van der Waals surface area contributed by atoms with Gasteiger partial charge < -0.3 is 11.1 Å². The molecule has 0 fully saturated rings. The first-order chi connectivity index (χ1) is 10.3. The highest BCUT2D eigenvalue weighted by molar-refractivity contribution is 5.79. The van der Waals surface area contributed by atoms with Crippen LogP contribution in [-0.2, 0) is 6.54 Å². The lowest BCUT2D eigenvalue weighted by Crippen LogP contribution is -2.06. The fourth-order valence-corrected chi connectivity index (χ4v) is 2.08. The first-order valence-electron chi connectivity index (χ1n) is 6.51. The normalized spacial score (nSPS) is 10.2. The van der Waals surface area contributed by atoms with Crippen LogP contribution in [-0.4, -0.2) is 9.97 Å². The summed E-state index contributed by atoms with van der Waals surface area (Å²) in [5.74, 6) is 0.918. The zero-order chi connectivity index (χ0) is 14.7. The Bertz CT molecular complexity index is 835. The summed E-state index contributed by atoms with van der Waals surface area (Å²) in [6.07, 6.45) is 0. The van der Waals surface area contributed by atoms with Gasteiger partial charge in [-0.05, 0) is 29.8 Å². The van der Waals surface area contributed by atoms with Gasteiger partial charge in [-0.2, -0.15) is 5.26 Å². The molecule has 0 saturated heterocycles. The van der Waals surface area contributed by atoms with E-state index in [-0.39, 0.29) is 0 Å². The molecule has 0 amide bonds. The molecule has 1 heterocycles. The van der Waals surface area contributed by atoms with Gasteiger partial charge in [0.2, 0.25) is 0 Å². The van der Waals surface area contributed by atoms with Crippen molar-refractivity contribution >= 4 is 22.7 Å². The van der Waals surface area contributed by atoms with Gasteiger partial charge in [0.25, 0.3) is 0 Å². The second-order valence-corrected chi connectivity index (χ2v) is 4.61. The van der Waals surface area contributed by atoms with Crippen molar-refractivity contribution in [1.82, 2.24) is 9.97 Å². The second-order valence-electron chi connectivity index (χ2n) is 4.61. The number of nitrogen functional groups attached to an aromatic ring is 1. The Kier molecular flexibility index (Phi) is 3.36. The van der Waals surface area contributed by atoms with E-state index in [2.05, 4.69) is 21.4 Å². The van der Waals surface area contributed by atoms with Crippen molar-refractivity contribution in [2.75, 3.05) is 11.1 Å². The van der Waals surface area contributed by atoms with Crippen LogP contribution in [0.5, 0.6) is 0 Å². The number of hydrogen-bond donors (Lipinski definition) is 2. The Morgan fingerprint density at radius 2 is 1.81 bits per heavy atom. The van der Waals surface area contributed by atoms with E-state index in [0.717, 1.165) is 16.6 Å². The SMILES string of the molecule is N#Cc1cccc(CNc2nc3ccccc3nc2N)c1. The van der Waals surface area contributed by atoms with Crippen LogP contribution in [0.3, 0.4) is 0 Å². The third-order valence-corrected chi connectivity index (χ3v) is 3.11. The third-order valence-electron chi connectivity index (χ3n) is 3.11. The predicted molar refractivity (Wildman–Crippen MR) is 82.4 cm³/mol. The molecule has 3 N–H and O–H groups in total. The zero-order valence-corrected chi connectivity index (χ0v) is 11.2. The van der Waals surface area contributed by atoms with Crippen LogP contribution in [0.2, 0.25) is 0 Å². The highest BCUT2D eigenvalue weighted by Gasteiger charge is 2.05. The van der Waals surface area contributed by atoms with Gasteiger partial charge in [-0.15, -0.1) is 0 Å². The van der Waals surface area contributed by atoms with Crippen LogP contribution in [0.15, 0.2) is 48.5 Å². The van der Waals surface area contributed by atoms with Gasteiger partial charge in [-0.3, -0.25) is 0 Å². The summed E-state index contributed by atoms with van der Waals surface area (Å²) in [4.78, 5) is 8.79. The molecule has 3 rings (SSSR count). The highest BCUT2D eigenvalue weighted by Crippen LogP contribution is 2.19. The Labute approximate surface area is 122 Å². The standard InChI is InChI=1S/C16H13N5/c17-9-11-4-3-5-12(8-11)10-19-16-15(18)20-13-6-1-2-7-14(13)21-16/h1-8H,10H2,(H2,18,20)(H,19,21). The minimum Gasteiger partial charge on any atom is -0.381 e. The Morgan fingerprint density at radius 3 is 2.57 bits per heavy atom. The van der Waals surface area contributed by atoms with Gasteiger partial charge in [-0.1, -0.05) is 24.3 Å². The van der Waals surface area contributed by atoms with Crippen molar-refractivity contribution in [2.45, 2.75) is 6.54 Å². The van der Waals surface area contributed by atoms with Crippen molar-refractivity contribution in [3.05, 3.63) is 59.7 Å². The lowest BCUT2D eigenvalue weighted by atomic mass is 10.1. The van der Waals surface area contributed by atoms with Gasteiger partial charge in [0.05, 0.1) is 22.7 Å². The van der Waals surface area contributed by atoms with E-state index in [9.17, 15) is 0 Å². The van der Waals surface area contributed by atoms with Crippen LogP contribution in [0.4, 0.5) is 11.6 Å². The predicted octanol–water partition coefficient (Wildman–Crippen LogP) is 2.70. The lowest BCUT2D eigenvalue weighted by Gasteiger charge is -2.09. The molecule has 0 saturated carbocycles. The molecule has 1 aromatic heterocycles. The smallest absolute Gasteiger partial charge is 0.169 e. The van der Waals surface area contributed by atoms with E-state index >= 15 is 0 Å². The maximum Gasteiger partial charge on any atom is 0.169 e. The molecule has 5 heteroatoms. The maximum atomic E-state index is 8.90. The van der Waals surface area contributed by atoms with Crippen LogP contribution < -0.4 is 11.1 Å². The number of benzene rings is 2. The number of aromatic nitrogens is 2. The van der Waals surface area contributed by atoms with E-state index < -0.39 is 0 Å². The number of fused-ring (bicyclic) bond motifs is 1. The molecule has 0 aliphatic heterocycles. The van der Waals surface area contributed by atoms with E-state index in [4.69, 9.17) is 11.0 Å². The van der Waals surface area contributed by atoms with Crippen molar-refractivity contribution in [3.63, 3.8) is 0 Å². The van der Waals surface area contributed by atoms with Gasteiger partial charge in [0.15, 0.2) is 11.6 Å². The molecule has 102 valence electrons. The number of nitrogens with zero attached hydrogens (tertiary/aromatic N) is 3. The summed E-state index contributed by atoms with van der Waals surface area (Å²) in [6, 6.07) is 17.1. The number of anilines is 2. The summed E-state index contributed by atoms with van der Waals surface area (Å²) < 4.78 is 0. The van der Waals surface area contributed by atoms with E-state index in [1.807, 2.05) is 42.5 Å². The number of para-hydroxylation sites is 2. The van der Waals surface area contributed by atoms with Crippen molar-refractivity contribution in [2.24, 2.45) is 0 Å². The molecular formula is C16H13N5. The molecule has 0 radical (unpaired) electrons. The molecule has 0 aliphatic rings. The monoisotopic (exact) mass is 275 g/mol. The fourth-order valence-electron chi connectivity index (χ4n) is 2.08. The van der Waals surface area contributed by atoms with Crippen molar-refractivity contribution in [3.8, 4) is 6.07 Å². The highest BCUT2D eigenvalue weighted by atomic mass is 15.1. The first kappa shape index (κ1) is 12.9. The topological polar surface area (TPSA) is 87.6 Å². The van der Waals surface area contributed by atoms with Gasteiger partial charge in [-0.25, -0.2) is 9.97 Å². The number of rotatable bonds is 3. The summed E-state index contributed by atoms with van der Waals surface area (Å²) >= 11 is 0. The summed E-state index contributed by atoms with van der Waals surface area (Å²) in [7, 11) is 0. The molecule has 0 atom stereocenters. The average Bonchev–Trinajstić information content (AvgIpc) is 2.53. The van der Waals surface area contributed by atoms with Gasteiger partial charge >= 0.3 is 0 Å². The number of nitrogens with two attached hydrogens (primary N) is 1. The van der Waals surface area contributed by atoms with Gasteiger partial charge in [0.1, 0.15) is 0 Å². The average molecular weight is 275 g/mol. The number of hydrogen-bond acceptors (Lipinski definition) is 5. The molecule has 5 nitrogen and oxygen atoms in total. The molecule has 0 aliphatic carbocycles. The Hall–Kier alpha value is -3.13. The second kappa shape index (κ2) is 5.47. The minimum absolute atomic E-state index is 0.366. The molecule has 21 heavy (non-hydrogen) atoms. The molecule has 2 aromatic carbocycles. The van der Waals surface area contributed by atoms with Crippen molar-refractivity contribution in [1.29, 1.82) is 5.26 Å². The van der Waals surface area contributed by atoms with E-state index in [0.29, 0.717) is 23.7 Å². The van der Waals surface area contributed by atoms with Crippen molar-refractivity contribution < 1.29 is 0 Å². The Balaban J connectivity index is 1.84. The van der Waals surface area contributed by atoms with Gasteiger partial charge in [0, 0.05) is 6.54 Å². The molecule has 0 bridgehead atoms. The van der Waals surface area contributed by atoms with Crippen LogP contribution >= 0.6 is 0 Å². The first-order valence-corrected chi connectivity index (χ1v) is 6.51. The quantitative estimate of drug-likeness (QED) is 0.767. The van der Waals surface area contributed by atoms with Crippen LogP contribution in [0.1, 0.15) is 11.1 Å². The summed E-state index contributed by atoms with van der Waals surface area (Å²) in [5, 5.41) is 12.1. The van der Waals surface area contributed by atoms with Crippen LogP contribution in [0, 0.1) is 11.3 Å². The molecule has 3 aromatic rings. The molecular weight excluding hydrogens is 262 g/mol. The van der Waals surface area contributed by atoms with Crippen LogP contribution in [0.25, 0.3) is 11.0 Å². The summed E-state index contributed by atoms with van der Waals surface area (Å²) in [5.41, 5.74) is 9.10. The minimum atomic E-state index is 0.366. The third kappa shape index (κ3) is 2.74. The largest absolute Gasteiger partial charge is 0.381 e. The molecule has 0 spiro atoms. The number of nitrogens with one attached hydrogen (secondary N) is 1. The summed E-state index contributed by atoms with van der Waals surface area (Å²) in [6.45, 7) is 0.534. The zero-order valence-electron chi connectivity index (χ0n) is 11.2.